The van der Waals surface area contributed by atoms with Crippen LogP contribution in [-0.2, 0) is 11.2 Å². The summed E-state index contributed by atoms with van der Waals surface area (Å²) in [5.41, 5.74) is 4.25. The Hall–Kier alpha value is -2.29. The number of esters is 1. The monoisotopic (exact) mass is 478 g/mol. The van der Waals surface area contributed by atoms with Crippen LogP contribution in [0.3, 0.4) is 0 Å². The minimum atomic E-state index is -0.387. The molecule has 0 aliphatic carbocycles. The maximum Gasteiger partial charge on any atom is 0.312 e. The number of rotatable bonds is 9. The van der Waals surface area contributed by atoms with Gasteiger partial charge in [0.1, 0.15) is 17.1 Å². The van der Waals surface area contributed by atoms with Gasteiger partial charge in [-0.1, -0.05) is 32.1 Å². The SMILES string of the molecule is C#CCN1CCC2=C(C1)c1c(OC(=O)CCN3CCCCC3)cc(CCCCC)cc1OC2(C)C. The second kappa shape index (κ2) is 11.6. The van der Waals surface area contributed by atoms with E-state index in [1.165, 1.54) is 48.8 Å². The second-order valence-electron chi connectivity index (χ2n) is 10.8. The summed E-state index contributed by atoms with van der Waals surface area (Å²) in [7, 11) is 0. The molecule has 35 heavy (non-hydrogen) atoms. The number of hydrogen-bond donors (Lipinski definition) is 0. The fraction of sp³-hybridized carbons (Fsp3) is 0.633. The van der Waals surface area contributed by atoms with Gasteiger partial charge in [0.2, 0.25) is 0 Å². The van der Waals surface area contributed by atoms with E-state index in [1.807, 2.05) is 0 Å². The fourth-order valence-electron chi connectivity index (χ4n) is 5.75. The van der Waals surface area contributed by atoms with E-state index < -0.39 is 0 Å². The summed E-state index contributed by atoms with van der Waals surface area (Å²) in [6.45, 7) is 11.7. The van der Waals surface area contributed by atoms with Gasteiger partial charge in [0.15, 0.2) is 0 Å². The van der Waals surface area contributed by atoms with E-state index in [-0.39, 0.29) is 11.6 Å². The van der Waals surface area contributed by atoms with Crippen molar-refractivity contribution in [2.75, 3.05) is 39.3 Å². The Morgan fingerprint density at radius 1 is 1.14 bits per heavy atom. The molecule has 1 aromatic rings. The topological polar surface area (TPSA) is 42.0 Å². The normalized spacial score (nSPS) is 19.9. The highest BCUT2D eigenvalue weighted by Gasteiger charge is 2.39. The number of carbonyl (C=O) groups excluding carboxylic acids is 1. The van der Waals surface area contributed by atoms with E-state index in [0.717, 1.165) is 63.3 Å². The lowest BCUT2D eigenvalue weighted by atomic mass is 9.81. The first-order valence-electron chi connectivity index (χ1n) is 13.6. The molecule has 5 heteroatoms. The Kier molecular flexibility index (Phi) is 8.57. The summed E-state index contributed by atoms with van der Waals surface area (Å²) in [5, 5.41) is 0. The molecule has 0 radical (unpaired) electrons. The molecule has 3 aliphatic heterocycles. The van der Waals surface area contributed by atoms with Crippen LogP contribution in [-0.4, -0.2) is 60.6 Å². The molecule has 5 nitrogen and oxygen atoms in total. The zero-order valence-electron chi connectivity index (χ0n) is 22.0. The Morgan fingerprint density at radius 3 is 2.69 bits per heavy atom. The molecular weight excluding hydrogens is 436 g/mol. The van der Waals surface area contributed by atoms with Crippen LogP contribution >= 0.6 is 0 Å². The molecule has 0 amide bonds. The third-order valence-electron chi connectivity index (χ3n) is 7.63. The number of unbranched alkanes of at least 4 members (excludes halogenated alkanes) is 2. The predicted octanol–water partition coefficient (Wildman–Crippen LogP) is 5.46. The van der Waals surface area contributed by atoms with Gasteiger partial charge >= 0.3 is 5.97 Å². The van der Waals surface area contributed by atoms with Crippen LogP contribution in [0.15, 0.2) is 17.7 Å². The minimum Gasteiger partial charge on any atom is -0.483 e. The van der Waals surface area contributed by atoms with Crippen molar-refractivity contribution in [3.8, 4) is 23.8 Å². The first kappa shape index (κ1) is 25.8. The lowest BCUT2D eigenvalue weighted by molar-refractivity contribution is -0.134. The number of carbonyl (C=O) groups is 1. The summed E-state index contributed by atoms with van der Waals surface area (Å²) in [5.74, 6) is 4.12. The summed E-state index contributed by atoms with van der Waals surface area (Å²) in [6.07, 6.45) is 15.1. The van der Waals surface area contributed by atoms with Gasteiger partial charge < -0.3 is 14.4 Å². The molecule has 190 valence electrons. The van der Waals surface area contributed by atoms with E-state index in [9.17, 15) is 4.79 Å². The first-order valence-corrected chi connectivity index (χ1v) is 13.6. The Bertz CT molecular complexity index is 982. The standard InChI is InChI=1S/C30H42N2O3/c1-5-7-9-12-23-20-26(34-28(33)14-19-31-16-10-8-11-17-31)29-24-22-32(15-6-2)18-13-25(24)30(3,4)35-27(29)21-23/h2,20-21H,5,7-19,22H2,1,3-4H3. The predicted molar refractivity (Wildman–Crippen MR) is 142 cm³/mol. The zero-order chi connectivity index (χ0) is 24.8. The molecule has 1 fully saturated rings. The Morgan fingerprint density at radius 2 is 1.94 bits per heavy atom. The number of aryl methyl sites for hydroxylation is 1. The van der Waals surface area contributed by atoms with Crippen molar-refractivity contribution in [2.24, 2.45) is 0 Å². The summed E-state index contributed by atoms with van der Waals surface area (Å²) < 4.78 is 12.7. The van der Waals surface area contributed by atoms with Crippen molar-refractivity contribution < 1.29 is 14.3 Å². The maximum absolute atomic E-state index is 13.0. The number of nitrogens with zero attached hydrogens (tertiary/aromatic N) is 2. The number of ether oxygens (including phenoxy) is 2. The van der Waals surface area contributed by atoms with Gasteiger partial charge in [0, 0.05) is 19.6 Å². The van der Waals surface area contributed by atoms with E-state index in [1.54, 1.807) is 0 Å². The van der Waals surface area contributed by atoms with Crippen LogP contribution < -0.4 is 9.47 Å². The van der Waals surface area contributed by atoms with Gasteiger partial charge in [-0.05, 0) is 87.9 Å². The van der Waals surface area contributed by atoms with Crippen LogP contribution in [0.1, 0.15) is 83.3 Å². The lowest BCUT2D eigenvalue weighted by Crippen LogP contribution is -2.42. The molecule has 0 unspecified atom stereocenters. The second-order valence-corrected chi connectivity index (χ2v) is 10.8. The van der Waals surface area contributed by atoms with Crippen LogP contribution in [0.2, 0.25) is 0 Å². The molecule has 0 atom stereocenters. The molecule has 0 bridgehead atoms. The van der Waals surface area contributed by atoms with Crippen LogP contribution in [0.5, 0.6) is 11.5 Å². The zero-order valence-corrected chi connectivity index (χ0v) is 22.0. The molecule has 0 aromatic heterocycles. The van der Waals surface area contributed by atoms with Crippen molar-refractivity contribution >= 4 is 11.5 Å². The maximum atomic E-state index is 13.0. The van der Waals surface area contributed by atoms with Gasteiger partial charge in [-0.25, -0.2) is 0 Å². The molecule has 0 saturated carbocycles. The first-order chi connectivity index (χ1) is 16.9. The van der Waals surface area contributed by atoms with Gasteiger partial charge in [-0.3, -0.25) is 9.69 Å². The van der Waals surface area contributed by atoms with Gasteiger partial charge in [0.25, 0.3) is 0 Å². The smallest absolute Gasteiger partial charge is 0.312 e. The average Bonchev–Trinajstić information content (AvgIpc) is 2.83. The molecule has 0 N–H and O–H groups in total. The molecule has 4 rings (SSSR count). The average molecular weight is 479 g/mol. The van der Waals surface area contributed by atoms with Gasteiger partial charge in [-0.15, -0.1) is 6.42 Å². The van der Waals surface area contributed by atoms with Crippen molar-refractivity contribution in [1.82, 2.24) is 9.80 Å². The number of terminal acetylenes is 1. The highest BCUT2D eigenvalue weighted by atomic mass is 16.5. The largest absolute Gasteiger partial charge is 0.483 e. The van der Waals surface area contributed by atoms with Crippen LogP contribution in [0, 0.1) is 12.3 Å². The third-order valence-corrected chi connectivity index (χ3v) is 7.63. The highest BCUT2D eigenvalue weighted by Crippen LogP contribution is 2.48. The number of likely N-dealkylation sites (tertiary alicyclic amines) is 1. The van der Waals surface area contributed by atoms with E-state index >= 15 is 0 Å². The van der Waals surface area contributed by atoms with Gasteiger partial charge in [-0.2, -0.15) is 0 Å². The van der Waals surface area contributed by atoms with Crippen LogP contribution in [0.25, 0.3) is 5.57 Å². The van der Waals surface area contributed by atoms with Gasteiger partial charge in [0.05, 0.1) is 18.5 Å². The van der Waals surface area contributed by atoms with Crippen molar-refractivity contribution in [1.29, 1.82) is 0 Å². The number of hydrogen-bond acceptors (Lipinski definition) is 5. The van der Waals surface area contributed by atoms with Crippen molar-refractivity contribution in [3.05, 3.63) is 28.8 Å². The quantitative estimate of drug-likeness (QED) is 0.204. The Labute approximate surface area is 211 Å². The number of fused-ring (bicyclic) bond motifs is 2. The Balaban J connectivity index is 1.63. The molecule has 0 spiro atoms. The molecular formula is C30H42N2O3. The van der Waals surface area contributed by atoms with Crippen LogP contribution in [0.4, 0.5) is 0 Å². The molecule has 3 aliphatic rings. The van der Waals surface area contributed by atoms with Crippen molar-refractivity contribution in [3.63, 3.8) is 0 Å². The van der Waals surface area contributed by atoms with Crippen molar-refractivity contribution in [2.45, 2.75) is 84.2 Å². The number of piperidine rings is 1. The van der Waals surface area contributed by atoms with E-state index in [4.69, 9.17) is 15.9 Å². The molecule has 3 heterocycles. The summed E-state index contributed by atoms with van der Waals surface area (Å²) in [6, 6.07) is 4.25. The summed E-state index contributed by atoms with van der Waals surface area (Å²) >= 11 is 0. The third kappa shape index (κ3) is 6.29. The summed E-state index contributed by atoms with van der Waals surface area (Å²) in [4.78, 5) is 17.7. The minimum absolute atomic E-state index is 0.160. The fourth-order valence-corrected chi connectivity index (χ4v) is 5.75. The molecule has 1 aromatic carbocycles. The van der Waals surface area contributed by atoms with E-state index in [2.05, 4.69) is 48.6 Å². The number of benzene rings is 1. The highest BCUT2D eigenvalue weighted by molar-refractivity contribution is 5.85. The van der Waals surface area contributed by atoms with E-state index in [0.29, 0.717) is 18.7 Å². The lowest BCUT2D eigenvalue weighted by Gasteiger charge is -2.42. The molecule has 1 saturated heterocycles.